The van der Waals surface area contributed by atoms with Gasteiger partial charge in [0.15, 0.2) is 5.69 Å². The Morgan fingerprint density at radius 3 is 3.00 bits per heavy atom. The maximum atomic E-state index is 12.5. The Balaban J connectivity index is 1.39. The van der Waals surface area contributed by atoms with Crippen LogP contribution in [0.5, 0.6) is 0 Å². The molecule has 4 heterocycles. The summed E-state index contributed by atoms with van der Waals surface area (Å²) >= 11 is 0. The maximum Gasteiger partial charge on any atom is 0.272 e. The molecule has 0 aromatic carbocycles. The van der Waals surface area contributed by atoms with Crippen molar-refractivity contribution >= 4 is 11.8 Å². The number of fused-ring (bicyclic) bond motifs is 1. The van der Waals surface area contributed by atoms with Gasteiger partial charge in [0.25, 0.3) is 5.91 Å². The smallest absolute Gasteiger partial charge is 0.272 e. The third-order valence-corrected chi connectivity index (χ3v) is 4.78. The molecule has 0 bridgehead atoms. The lowest BCUT2D eigenvalue weighted by Gasteiger charge is -2.29. The predicted molar refractivity (Wildman–Crippen MR) is 92.0 cm³/mol. The van der Waals surface area contributed by atoms with Gasteiger partial charge in [0, 0.05) is 19.3 Å². The number of aromatic nitrogens is 3. The molecule has 2 aromatic rings. The molecule has 0 aliphatic carbocycles. The summed E-state index contributed by atoms with van der Waals surface area (Å²) < 4.78 is 7.12. The van der Waals surface area contributed by atoms with Crippen LogP contribution in [-0.2, 0) is 29.2 Å². The van der Waals surface area contributed by atoms with E-state index >= 15 is 0 Å². The number of pyridine rings is 1. The average molecular weight is 355 g/mol. The highest BCUT2D eigenvalue weighted by Crippen LogP contribution is 2.20. The quantitative estimate of drug-likeness (QED) is 0.867. The molecule has 2 aromatic heterocycles. The van der Waals surface area contributed by atoms with Crippen molar-refractivity contribution in [3.63, 3.8) is 0 Å². The Hall–Kier alpha value is -2.74. The number of amides is 2. The summed E-state index contributed by atoms with van der Waals surface area (Å²) in [5.74, 6) is -0.138. The lowest BCUT2D eigenvalue weighted by Crippen LogP contribution is -2.41. The number of hydrogen-bond acceptors (Lipinski definition) is 5. The molecule has 0 unspecified atom stereocenters. The van der Waals surface area contributed by atoms with E-state index in [2.05, 4.69) is 15.4 Å². The molecule has 0 spiro atoms. The van der Waals surface area contributed by atoms with Gasteiger partial charge in [0.1, 0.15) is 0 Å². The number of carbonyl (C=O) groups is 2. The van der Waals surface area contributed by atoms with Crippen molar-refractivity contribution in [1.29, 1.82) is 0 Å². The summed E-state index contributed by atoms with van der Waals surface area (Å²) in [5, 5.41) is 7.20. The van der Waals surface area contributed by atoms with Crippen LogP contribution in [0.3, 0.4) is 0 Å². The van der Waals surface area contributed by atoms with Crippen molar-refractivity contribution in [3.8, 4) is 0 Å². The summed E-state index contributed by atoms with van der Waals surface area (Å²) in [6, 6.07) is 7.33. The Kier molecular flexibility index (Phi) is 4.66. The predicted octanol–water partition coefficient (Wildman–Crippen LogP) is 0.587. The first-order chi connectivity index (χ1) is 12.7. The monoisotopic (exact) mass is 355 g/mol. The van der Waals surface area contributed by atoms with Crippen molar-refractivity contribution in [2.75, 3.05) is 19.8 Å². The van der Waals surface area contributed by atoms with Crippen LogP contribution >= 0.6 is 0 Å². The lowest BCUT2D eigenvalue weighted by atomic mass is 10.1. The van der Waals surface area contributed by atoms with Crippen LogP contribution in [0.25, 0.3) is 0 Å². The fourth-order valence-corrected chi connectivity index (χ4v) is 3.32. The van der Waals surface area contributed by atoms with E-state index in [1.807, 2.05) is 27.8 Å². The van der Waals surface area contributed by atoms with E-state index in [9.17, 15) is 9.59 Å². The van der Waals surface area contributed by atoms with E-state index in [4.69, 9.17) is 4.74 Å². The zero-order valence-electron chi connectivity index (χ0n) is 14.4. The number of nitrogens with zero attached hydrogens (tertiary/aromatic N) is 4. The van der Waals surface area contributed by atoms with E-state index in [1.165, 1.54) is 0 Å². The highest BCUT2D eigenvalue weighted by atomic mass is 16.5. The van der Waals surface area contributed by atoms with Gasteiger partial charge in [-0.25, -0.2) is 0 Å². The van der Waals surface area contributed by atoms with Crippen molar-refractivity contribution in [1.82, 2.24) is 25.0 Å². The molecule has 4 rings (SSSR count). The van der Waals surface area contributed by atoms with Gasteiger partial charge in [-0.1, -0.05) is 6.07 Å². The molecule has 1 saturated heterocycles. The highest BCUT2D eigenvalue weighted by Gasteiger charge is 2.31. The summed E-state index contributed by atoms with van der Waals surface area (Å²) in [7, 11) is 0. The summed E-state index contributed by atoms with van der Waals surface area (Å²) in [5.41, 5.74) is 2.04. The van der Waals surface area contributed by atoms with Crippen LogP contribution < -0.4 is 5.32 Å². The maximum absolute atomic E-state index is 12.5. The molecule has 2 amide bonds. The lowest BCUT2D eigenvalue weighted by molar-refractivity contribution is -0.137. The van der Waals surface area contributed by atoms with E-state index in [1.54, 1.807) is 12.3 Å². The second-order valence-corrected chi connectivity index (χ2v) is 6.57. The molecular weight excluding hydrogens is 334 g/mol. The topological polar surface area (TPSA) is 89.4 Å². The summed E-state index contributed by atoms with van der Waals surface area (Å²) in [6.07, 6.45) is 2.48. The van der Waals surface area contributed by atoms with Gasteiger partial charge >= 0.3 is 0 Å². The number of hydrogen-bond donors (Lipinski definition) is 1. The normalized spacial score (nSPS) is 19.2. The first-order valence-electron chi connectivity index (χ1n) is 8.82. The zero-order valence-corrected chi connectivity index (χ0v) is 14.4. The molecule has 2 aliphatic heterocycles. The third-order valence-electron chi connectivity index (χ3n) is 4.78. The fraction of sp³-hybridized carbons (Fsp3) is 0.444. The molecule has 136 valence electrons. The molecule has 26 heavy (non-hydrogen) atoms. The van der Waals surface area contributed by atoms with E-state index < -0.39 is 0 Å². The fourth-order valence-electron chi connectivity index (χ4n) is 3.32. The second kappa shape index (κ2) is 7.25. The molecule has 1 fully saturated rings. The number of ether oxygens (including phenoxy) is 1. The van der Waals surface area contributed by atoms with Gasteiger partial charge in [-0.15, -0.1) is 0 Å². The van der Waals surface area contributed by atoms with Crippen LogP contribution in [0, 0.1) is 5.92 Å². The minimum Gasteiger partial charge on any atom is -0.381 e. The molecule has 0 radical (unpaired) electrons. The average Bonchev–Trinajstić information content (AvgIpc) is 3.35. The van der Waals surface area contributed by atoms with Crippen LogP contribution in [0.1, 0.15) is 28.3 Å². The molecule has 1 atom stereocenters. The minimum absolute atomic E-state index is 0.0365. The van der Waals surface area contributed by atoms with Gasteiger partial charge in [0.05, 0.1) is 43.5 Å². The van der Waals surface area contributed by atoms with E-state index in [-0.39, 0.29) is 17.7 Å². The minimum atomic E-state index is -0.236. The Bertz CT molecular complexity index is 798. The highest BCUT2D eigenvalue weighted by molar-refractivity contribution is 5.92. The van der Waals surface area contributed by atoms with Crippen LogP contribution in [-0.4, -0.2) is 51.2 Å². The molecule has 8 heteroatoms. The van der Waals surface area contributed by atoms with Crippen molar-refractivity contribution < 1.29 is 14.3 Å². The van der Waals surface area contributed by atoms with Gasteiger partial charge in [0.2, 0.25) is 5.91 Å². The molecule has 2 aliphatic rings. The van der Waals surface area contributed by atoms with Crippen LogP contribution in [0.15, 0.2) is 30.5 Å². The van der Waals surface area contributed by atoms with Crippen molar-refractivity contribution in [3.05, 3.63) is 47.5 Å². The molecular formula is C18H21N5O3. The molecule has 0 saturated carbocycles. The van der Waals surface area contributed by atoms with Crippen molar-refractivity contribution in [2.45, 2.75) is 26.1 Å². The van der Waals surface area contributed by atoms with E-state index in [0.29, 0.717) is 45.1 Å². The van der Waals surface area contributed by atoms with Gasteiger partial charge in [-0.2, -0.15) is 5.10 Å². The van der Waals surface area contributed by atoms with Crippen LogP contribution in [0.2, 0.25) is 0 Å². The third kappa shape index (κ3) is 3.45. The van der Waals surface area contributed by atoms with Gasteiger partial charge in [-0.05, 0) is 24.6 Å². The summed E-state index contributed by atoms with van der Waals surface area (Å²) in [4.78, 5) is 30.9. The Morgan fingerprint density at radius 2 is 2.23 bits per heavy atom. The largest absolute Gasteiger partial charge is 0.381 e. The zero-order chi connectivity index (χ0) is 17.9. The van der Waals surface area contributed by atoms with Gasteiger partial charge < -0.3 is 15.0 Å². The molecule has 1 N–H and O–H groups in total. The van der Waals surface area contributed by atoms with Crippen LogP contribution in [0.4, 0.5) is 0 Å². The standard InChI is InChI=1S/C18H21N5O3/c24-17(20-10-14-3-1-2-5-19-14)16-9-15-11-22(6-7-23(15)21-16)18(25)13-4-8-26-12-13/h1-3,5,9,13H,4,6-8,10-12H2,(H,20,24)/t13-/m0/s1. The number of rotatable bonds is 4. The molecule has 8 nitrogen and oxygen atoms in total. The Morgan fingerprint density at radius 1 is 1.31 bits per heavy atom. The second-order valence-electron chi connectivity index (χ2n) is 6.57. The van der Waals surface area contributed by atoms with Gasteiger partial charge in [-0.3, -0.25) is 19.3 Å². The SMILES string of the molecule is O=C(NCc1ccccn1)c1cc2n(n1)CCN(C(=O)[C@H]1CCOC1)C2. The van der Waals surface area contributed by atoms with E-state index in [0.717, 1.165) is 17.8 Å². The number of carbonyl (C=O) groups excluding carboxylic acids is 2. The first-order valence-corrected chi connectivity index (χ1v) is 8.82. The summed E-state index contributed by atoms with van der Waals surface area (Å²) in [6.45, 7) is 3.21. The Labute approximate surface area is 151 Å². The van der Waals surface area contributed by atoms with Crippen molar-refractivity contribution in [2.24, 2.45) is 5.92 Å². The first kappa shape index (κ1) is 16.7. The number of nitrogens with one attached hydrogen (secondary N) is 1.